The van der Waals surface area contributed by atoms with Crippen molar-refractivity contribution in [2.24, 2.45) is 0 Å². The fraction of sp³-hybridized carbons (Fsp3) is 0.750. The average molecular weight is 189 g/mol. The number of carbonyl (C=O) groups is 1. The molecule has 0 saturated carbocycles. The predicted molar refractivity (Wildman–Crippen MR) is 25.0 cm³/mol. The van der Waals surface area contributed by atoms with E-state index in [0.717, 1.165) is 10.9 Å². The number of hydrogen-bond donors (Lipinski definition) is 0. The van der Waals surface area contributed by atoms with Gasteiger partial charge in [0.05, 0.1) is 0 Å². The van der Waals surface area contributed by atoms with Crippen molar-refractivity contribution in [2.75, 3.05) is 0 Å². The summed E-state index contributed by atoms with van der Waals surface area (Å²) in [5.74, 6) is 0.529. The first kappa shape index (κ1) is 4.62. The molecule has 0 N–H and O–H groups in total. The molecule has 0 aromatic carbocycles. The van der Waals surface area contributed by atoms with E-state index in [2.05, 4.69) is 0 Å². The molecule has 2 heteroatoms. The zero-order valence-electron chi connectivity index (χ0n) is 3.53. The summed E-state index contributed by atoms with van der Waals surface area (Å²) in [6.45, 7) is 0. The summed E-state index contributed by atoms with van der Waals surface area (Å²) >= 11 is -0.0759. The molecule has 0 amide bonds. The van der Waals surface area contributed by atoms with E-state index in [1.54, 1.807) is 0 Å². The van der Waals surface area contributed by atoms with Crippen LogP contribution in [0.4, 0.5) is 0 Å². The molecule has 0 bridgehead atoms. The Labute approximate surface area is 47.3 Å². The molecule has 1 saturated heterocycles. The minimum atomic E-state index is -0.0759. The van der Waals surface area contributed by atoms with Crippen LogP contribution in [0.25, 0.3) is 0 Å². The first-order valence-corrected chi connectivity index (χ1v) is 6.15. The second-order valence-corrected chi connectivity index (χ2v) is 5.33. The molecule has 1 heterocycles. The number of ketones is 1. The molecule has 0 aromatic heterocycles. The maximum absolute atomic E-state index is 10.3. The van der Waals surface area contributed by atoms with E-state index in [-0.39, 0.29) is 21.1 Å². The third-order valence-electron chi connectivity index (χ3n) is 0.903. The molecular weight excluding hydrogens is 183 g/mol. The Morgan fingerprint density at radius 2 is 2.50 bits per heavy atom. The van der Waals surface area contributed by atoms with Crippen molar-refractivity contribution in [1.82, 2.24) is 0 Å². The Bertz CT molecular complexity index is 61.9. The van der Waals surface area contributed by atoms with Crippen LogP contribution >= 0.6 is 0 Å². The van der Waals surface area contributed by atoms with Crippen LogP contribution in [0.3, 0.4) is 0 Å². The van der Waals surface area contributed by atoms with Crippen LogP contribution in [0, 0.1) is 0 Å². The van der Waals surface area contributed by atoms with Crippen LogP contribution in [0.5, 0.6) is 0 Å². The molecule has 0 aromatic rings. The topological polar surface area (TPSA) is 17.1 Å². The molecule has 1 aliphatic heterocycles. The molecule has 1 fully saturated rings. The number of rotatable bonds is 0. The van der Waals surface area contributed by atoms with E-state index in [9.17, 15) is 4.79 Å². The van der Waals surface area contributed by atoms with Crippen molar-refractivity contribution in [3.05, 3.63) is 0 Å². The third kappa shape index (κ3) is 0.964. The summed E-state index contributed by atoms with van der Waals surface area (Å²) in [4.78, 5) is 10.3. The van der Waals surface area contributed by atoms with Crippen molar-refractivity contribution in [1.29, 1.82) is 0 Å². The van der Waals surface area contributed by atoms with Gasteiger partial charge in [0.15, 0.2) is 0 Å². The summed E-state index contributed by atoms with van der Waals surface area (Å²) < 4.78 is 2.32. The average Bonchev–Trinajstić information content (AvgIpc) is 1.86. The molecular formula is C4H6OSn. The van der Waals surface area contributed by atoms with Gasteiger partial charge in [0.1, 0.15) is 0 Å². The SMILES string of the molecule is O=C1C[CH2][Sn][CH2]1. The summed E-state index contributed by atoms with van der Waals surface area (Å²) in [6.07, 6.45) is 0.923. The Morgan fingerprint density at radius 3 is 2.67 bits per heavy atom. The van der Waals surface area contributed by atoms with E-state index in [4.69, 9.17) is 0 Å². The van der Waals surface area contributed by atoms with Gasteiger partial charge in [-0.25, -0.2) is 0 Å². The Morgan fingerprint density at radius 1 is 1.67 bits per heavy atom. The molecule has 1 aliphatic rings. The second kappa shape index (κ2) is 1.96. The summed E-state index contributed by atoms with van der Waals surface area (Å²) in [5.41, 5.74) is 0. The van der Waals surface area contributed by atoms with E-state index < -0.39 is 0 Å². The van der Waals surface area contributed by atoms with Gasteiger partial charge in [-0.05, 0) is 0 Å². The first-order valence-electron chi connectivity index (χ1n) is 2.12. The molecule has 0 aliphatic carbocycles. The molecule has 1 rings (SSSR count). The van der Waals surface area contributed by atoms with Gasteiger partial charge in [-0.3, -0.25) is 0 Å². The van der Waals surface area contributed by atoms with E-state index in [1.807, 2.05) is 0 Å². The number of carbonyl (C=O) groups excluding carboxylic acids is 1. The van der Waals surface area contributed by atoms with E-state index in [1.165, 1.54) is 4.44 Å². The second-order valence-electron chi connectivity index (χ2n) is 1.47. The molecule has 0 unspecified atom stereocenters. The van der Waals surface area contributed by atoms with Crippen molar-refractivity contribution in [3.63, 3.8) is 0 Å². The van der Waals surface area contributed by atoms with Gasteiger partial charge >= 0.3 is 47.0 Å². The van der Waals surface area contributed by atoms with Crippen LogP contribution in [0.2, 0.25) is 8.87 Å². The zero-order valence-corrected chi connectivity index (χ0v) is 6.38. The maximum atomic E-state index is 10.3. The van der Waals surface area contributed by atoms with Crippen LogP contribution < -0.4 is 0 Å². The molecule has 0 spiro atoms. The van der Waals surface area contributed by atoms with Crippen LogP contribution in [0.1, 0.15) is 6.42 Å². The fourth-order valence-corrected chi connectivity index (χ4v) is 3.65. The first-order chi connectivity index (χ1) is 2.89. The number of Topliss-reactive ketones (excluding diaryl/α,β-unsaturated/α-hetero) is 1. The van der Waals surface area contributed by atoms with Gasteiger partial charge in [0.2, 0.25) is 0 Å². The van der Waals surface area contributed by atoms with Crippen molar-refractivity contribution in [2.45, 2.75) is 15.3 Å². The molecule has 6 heavy (non-hydrogen) atoms. The predicted octanol–water partition coefficient (Wildman–Crippen LogP) is 0.500. The Hall–Kier alpha value is 0.469. The van der Waals surface area contributed by atoms with Crippen molar-refractivity contribution < 1.29 is 4.79 Å². The van der Waals surface area contributed by atoms with E-state index >= 15 is 0 Å². The zero-order chi connectivity index (χ0) is 4.41. The van der Waals surface area contributed by atoms with Gasteiger partial charge in [-0.15, -0.1) is 0 Å². The van der Waals surface area contributed by atoms with Crippen LogP contribution in [0.15, 0.2) is 0 Å². The van der Waals surface area contributed by atoms with Gasteiger partial charge in [-0.2, -0.15) is 0 Å². The number of hydrogen-bond acceptors (Lipinski definition) is 1. The Kier molecular flexibility index (Phi) is 1.51. The molecule has 2 radical (unpaired) electrons. The molecule has 0 atom stereocenters. The molecule has 1 nitrogen and oxygen atoms in total. The van der Waals surface area contributed by atoms with Gasteiger partial charge in [0.25, 0.3) is 0 Å². The quantitative estimate of drug-likeness (QED) is 0.507. The van der Waals surface area contributed by atoms with Crippen molar-refractivity contribution in [3.8, 4) is 0 Å². The van der Waals surface area contributed by atoms with Gasteiger partial charge in [0, 0.05) is 0 Å². The van der Waals surface area contributed by atoms with Crippen molar-refractivity contribution >= 4 is 26.9 Å². The van der Waals surface area contributed by atoms with Crippen LogP contribution in [-0.2, 0) is 4.79 Å². The third-order valence-corrected chi connectivity index (χ3v) is 4.46. The Balaban J connectivity index is 2.37. The monoisotopic (exact) mass is 190 g/mol. The molecule has 32 valence electrons. The summed E-state index contributed by atoms with van der Waals surface area (Å²) in [6, 6.07) is 0. The normalized spacial score (nSPS) is 22.3. The van der Waals surface area contributed by atoms with Gasteiger partial charge < -0.3 is 0 Å². The van der Waals surface area contributed by atoms with E-state index in [0.29, 0.717) is 5.78 Å². The van der Waals surface area contributed by atoms with Gasteiger partial charge in [-0.1, -0.05) is 0 Å². The minimum absolute atomic E-state index is 0.0759. The summed E-state index contributed by atoms with van der Waals surface area (Å²) in [7, 11) is 0. The van der Waals surface area contributed by atoms with Crippen LogP contribution in [-0.4, -0.2) is 26.9 Å². The fourth-order valence-electron chi connectivity index (χ4n) is 0.544. The standard InChI is InChI=1S/C4H6O.Sn/c1-3-4(2)5;/h1-3H2;. The summed E-state index contributed by atoms with van der Waals surface area (Å²) in [5, 5.41) is 0.